The van der Waals surface area contributed by atoms with Gasteiger partial charge in [0.05, 0.1) is 22.1 Å². The van der Waals surface area contributed by atoms with Crippen LogP contribution in [-0.2, 0) is 12.0 Å². The molecule has 4 nitrogen and oxygen atoms in total. The van der Waals surface area contributed by atoms with Crippen molar-refractivity contribution in [3.63, 3.8) is 0 Å². The Morgan fingerprint density at radius 2 is 1.76 bits per heavy atom. The lowest BCUT2D eigenvalue weighted by atomic mass is 10.00. The molecule has 0 saturated carbocycles. The third-order valence-electron chi connectivity index (χ3n) is 4.57. The Hall–Kier alpha value is -2.88. The van der Waals surface area contributed by atoms with Crippen LogP contribution in [0.15, 0.2) is 54.7 Å². The van der Waals surface area contributed by atoms with Crippen molar-refractivity contribution in [2.45, 2.75) is 32.7 Å². The number of nitrogen functional groups attached to an aromatic ring is 1. The maximum atomic E-state index is 6.22. The third-order valence-corrected chi connectivity index (χ3v) is 4.57. The molecule has 0 aliphatic carbocycles. The van der Waals surface area contributed by atoms with E-state index < -0.39 is 0 Å². The summed E-state index contributed by atoms with van der Waals surface area (Å²) in [6.45, 7) is 6.45. The van der Waals surface area contributed by atoms with Crippen LogP contribution in [0.25, 0.3) is 21.7 Å². The minimum atomic E-state index is -0.122. The summed E-state index contributed by atoms with van der Waals surface area (Å²) in [5, 5.41) is 8.38. The Morgan fingerprint density at radius 1 is 1.00 bits per heavy atom. The molecule has 25 heavy (non-hydrogen) atoms. The second-order valence-corrected chi connectivity index (χ2v) is 7.43. The lowest BCUT2D eigenvalue weighted by Gasteiger charge is -2.20. The van der Waals surface area contributed by atoms with Gasteiger partial charge in [0.1, 0.15) is 5.82 Å². The van der Waals surface area contributed by atoms with Crippen LogP contribution < -0.4 is 5.73 Å². The van der Waals surface area contributed by atoms with Crippen molar-refractivity contribution in [2.24, 2.45) is 0 Å². The number of nitrogens with two attached hydrogens (primary N) is 1. The molecule has 0 saturated heterocycles. The third kappa shape index (κ3) is 2.64. The lowest BCUT2D eigenvalue weighted by Crippen LogP contribution is -2.23. The smallest absolute Gasteiger partial charge is 0.134 e. The summed E-state index contributed by atoms with van der Waals surface area (Å²) >= 11 is 0. The van der Waals surface area contributed by atoms with Crippen LogP contribution in [0.4, 0.5) is 5.82 Å². The zero-order valence-electron chi connectivity index (χ0n) is 14.8. The fraction of sp³-hybridized carbons (Fsp3) is 0.238. The Labute approximate surface area is 147 Å². The summed E-state index contributed by atoms with van der Waals surface area (Å²) < 4.78 is 2.06. The summed E-state index contributed by atoms with van der Waals surface area (Å²) in [7, 11) is 0. The highest BCUT2D eigenvalue weighted by Gasteiger charge is 2.22. The molecule has 0 aliphatic rings. The molecule has 0 fully saturated rings. The molecule has 126 valence electrons. The van der Waals surface area contributed by atoms with E-state index in [-0.39, 0.29) is 5.54 Å². The van der Waals surface area contributed by atoms with Gasteiger partial charge in [-0.15, -0.1) is 0 Å². The van der Waals surface area contributed by atoms with Crippen LogP contribution in [0, 0.1) is 0 Å². The topological polar surface area (TPSA) is 56.7 Å². The molecule has 0 spiro atoms. The quantitative estimate of drug-likeness (QED) is 0.588. The van der Waals surface area contributed by atoms with E-state index in [9.17, 15) is 0 Å². The highest BCUT2D eigenvalue weighted by atomic mass is 15.3. The van der Waals surface area contributed by atoms with Crippen molar-refractivity contribution < 1.29 is 0 Å². The van der Waals surface area contributed by atoms with Crippen molar-refractivity contribution in [3.8, 4) is 0 Å². The van der Waals surface area contributed by atoms with Gasteiger partial charge < -0.3 is 5.73 Å². The molecule has 0 radical (unpaired) electrons. The number of nitrogens with zero attached hydrogens (tertiary/aromatic N) is 3. The summed E-state index contributed by atoms with van der Waals surface area (Å²) in [5.74, 6) is 0.545. The van der Waals surface area contributed by atoms with Gasteiger partial charge >= 0.3 is 0 Å². The Kier molecular flexibility index (Phi) is 3.49. The van der Waals surface area contributed by atoms with Crippen molar-refractivity contribution in [2.75, 3.05) is 5.73 Å². The summed E-state index contributed by atoms with van der Waals surface area (Å²) in [5.41, 5.74) is 9.36. The minimum absolute atomic E-state index is 0.122. The van der Waals surface area contributed by atoms with E-state index in [0.29, 0.717) is 5.82 Å². The molecule has 2 heterocycles. The van der Waals surface area contributed by atoms with Crippen molar-refractivity contribution in [3.05, 3.63) is 66.0 Å². The minimum Gasteiger partial charge on any atom is -0.383 e. The molecule has 2 aromatic heterocycles. The first-order chi connectivity index (χ1) is 11.9. The average molecular weight is 330 g/mol. The van der Waals surface area contributed by atoms with Gasteiger partial charge in [-0.1, -0.05) is 42.5 Å². The van der Waals surface area contributed by atoms with Gasteiger partial charge in [-0.2, -0.15) is 5.10 Å². The van der Waals surface area contributed by atoms with Gasteiger partial charge in [-0.05, 0) is 43.2 Å². The Bertz CT molecular complexity index is 1070. The fourth-order valence-electron chi connectivity index (χ4n) is 3.43. The van der Waals surface area contributed by atoms with Crippen molar-refractivity contribution in [1.82, 2.24) is 14.8 Å². The molecule has 4 rings (SSSR count). The second-order valence-electron chi connectivity index (χ2n) is 7.43. The van der Waals surface area contributed by atoms with Crippen LogP contribution in [0.2, 0.25) is 0 Å². The molecule has 2 aromatic carbocycles. The van der Waals surface area contributed by atoms with Gasteiger partial charge in [0.15, 0.2) is 0 Å². The highest BCUT2D eigenvalue weighted by Crippen LogP contribution is 2.30. The number of rotatable bonds is 2. The maximum Gasteiger partial charge on any atom is 0.134 e. The zero-order chi connectivity index (χ0) is 17.6. The molecule has 0 aliphatic heterocycles. The number of benzene rings is 2. The summed E-state index contributed by atoms with van der Waals surface area (Å²) in [6, 6.07) is 16.8. The van der Waals surface area contributed by atoms with E-state index in [4.69, 9.17) is 10.8 Å². The van der Waals surface area contributed by atoms with Crippen LogP contribution in [-0.4, -0.2) is 14.8 Å². The molecule has 2 N–H and O–H groups in total. The zero-order valence-corrected chi connectivity index (χ0v) is 14.8. The first kappa shape index (κ1) is 15.6. The normalized spacial score (nSPS) is 12.1. The number of aromatic nitrogens is 3. The van der Waals surface area contributed by atoms with E-state index in [1.807, 2.05) is 6.07 Å². The SMILES string of the molecule is CC(C)(C)n1nc(Cc2cccc3ccccc23)c2c(N)nccc21. The Balaban J connectivity index is 1.92. The van der Waals surface area contributed by atoms with Crippen molar-refractivity contribution in [1.29, 1.82) is 0 Å². The maximum absolute atomic E-state index is 6.22. The van der Waals surface area contributed by atoms with Crippen LogP contribution >= 0.6 is 0 Å². The number of anilines is 1. The monoisotopic (exact) mass is 330 g/mol. The number of pyridine rings is 1. The highest BCUT2D eigenvalue weighted by molar-refractivity contribution is 5.92. The molecule has 0 amide bonds. The molecular weight excluding hydrogens is 308 g/mol. The number of hydrogen-bond donors (Lipinski definition) is 1. The summed E-state index contributed by atoms with van der Waals surface area (Å²) in [4.78, 5) is 4.29. The molecule has 0 unspecified atom stereocenters. The first-order valence-corrected chi connectivity index (χ1v) is 8.54. The second kappa shape index (κ2) is 5.59. The predicted molar refractivity (Wildman–Crippen MR) is 104 cm³/mol. The summed E-state index contributed by atoms with van der Waals surface area (Å²) in [6.07, 6.45) is 2.49. The predicted octanol–water partition coefficient (Wildman–Crippen LogP) is 4.51. The van der Waals surface area contributed by atoms with Crippen LogP contribution in [0.5, 0.6) is 0 Å². The molecule has 4 aromatic rings. The Morgan fingerprint density at radius 3 is 2.56 bits per heavy atom. The lowest BCUT2D eigenvalue weighted by molar-refractivity contribution is 0.366. The standard InChI is InChI=1S/C21H22N4/c1-21(2,3)25-18-11-12-23-20(22)19(18)17(24-25)13-15-9-6-8-14-7-4-5-10-16(14)15/h4-12H,13H2,1-3H3,(H2,22,23). The van der Waals surface area contributed by atoms with Crippen molar-refractivity contribution >= 4 is 27.5 Å². The van der Waals surface area contributed by atoms with Gasteiger partial charge in [-0.25, -0.2) is 4.98 Å². The van der Waals surface area contributed by atoms with E-state index in [1.54, 1.807) is 6.20 Å². The number of hydrogen-bond acceptors (Lipinski definition) is 3. The molecular formula is C21H22N4. The van der Waals surface area contributed by atoms with E-state index in [1.165, 1.54) is 16.3 Å². The fourth-order valence-corrected chi connectivity index (χ4v) is 3.43. The van der Waals surface area contributed by atoms with Crippen LogP contribution in [0.3, 0.4) is 0 Å². The van der Waals surface area contributed by atoms with Gasteiger partial charge in [-0.3, -0.25) is 4.68 Å². The molecule has 0 bridgehead atoms. The largest absolute Gasteiger partial charge is 0.383 e. The van der Waals surface area contributed by atoms with Gasteiger partial charge in [0.25, 0.3) is 0 Å². The van der Waals surface area contributed by atoms with Gasteiger partial charge in [0, 0.05) is 12.6 Å². The van der Waals surface area contributed by atoms with E-state index in [2.05, 4.69) is 72.9 Å². The average Bonchev–Trinajstić information content (AvgIpc) is 2.95. The molecule has 0 atom stereocenters. The number of fused-ring (bicyclic) bond motifs is 2. The van der Waals surface area contributed by atoms with E-state index in [0.717, 1.165) is 23.0 Å². The van der Waals surface area contributed by atoms with E-state index >= 15 is 0 Å². The molecule has 4 heteroatoms. The van der Waals surface area contributed by atoms with Gasteiger partial charge in [0.2, 0.25) is 0 Å². The van der Waals surface area contributed by atoms with Crippen LogP contribution in [0.1, 0.15) is 32.0 Å². The first-order valence-electron chi connectivity index (χ1n) is 8.54.